The molecule has 0 amide bonds. The first-order valence-corrected chi connectivity index (χ1v) is 6.53. The molecular weight excluding hydrogens is 231 g/mol. The fraction of sp³-hybridized carbons (Fsp3) is 0.692. The Morgan fingerprint density at radius 2 is 2.11 bits per heavy atom. The molecule has 0 radical (unpaired) electrons. The van der Waals surface area contributed by atoms with Crippen LogP contribution in [0.15, 0.2) is 6.20 Å². The average molecular weight is 252 g/mol. The molecule has 0 aliphatic carbocycles. The molecule has 0 saturated carbocycles. The Hall–Kier alpha value is -1.39. The Kier molecular flexibility index (Phi) is 3.68. The number of nitrogens with one attached hydrogen (secondary N) is 1. The maximum Gasteiger partial charge on any atom is 0.224 e. The fourth-order valence-corrected chi connectivity index (χ4v) is 2.31. The Morgan fingerprint density at radius 1 is 1.44 bits per heavy atom. The molecular formula is C13H21FN4. The minimum absolute atomic E-state index is 0.339. The second kappa shape index (κ2) is 5.08. The Morgan fingerprint density at radius 3 is 2.67 bits per heavy atom. The van der Waals surface area contributed by atoms with Gasteiger partial charge in [0.05, 0.1) is 6.20 Å². The highest BCUT2D eigenvalue weighted by Crippen LogP contribution is 2.35. The van der Waals surface area contributed by atoms with Gasteiger partial charge in [-0.3, -0.25) is 0 Å². The highest BCUT2D eigenvalue weighted by Gasteiger charge is 2.29. The van der Waals surface area contributed by atoms with Crippen LogP contribution in [0, 0.1) is 11.2 Å². The van der Waals surface area contributed by atoms with Crippen molar-refractivity contribution >= 4 is 11.8 Å². The van der Waals surface area contributed by atoms with E-state index in [-0.39, 0.29) is 5.82 Å². The number of halogens is 1. The van der Waals surface area contributed by atoms with Gasteiger partial charge in [-0.05, 0) is 18.3 Å². The monoisotopic (exact) mass is 252 g/mol. The molecule has 0 unspecified atom stereocenters. The fourth-order valence-electron chi connectivity index (χ4n) is 2.31. The number of hydrogen-bond acceptors (Lipinski definition) is 4. The maximum atomic E-state index is 13.8. The normalized spacial score (nSPS) is 18.8. The van der Waals surface area contributed by atoms with Crippen LogP contribution in [0.5, 0.6) is 0 Å². The van der Waals surface area contributed by atoms with Crippen LogP contribution < -0.4 is 10.2 Å². The van der Waals surface area contributed by atoms with E-state index in [1.54, 1.807) is 7.05 Å². The van der Waals surface area contributed by atoms with Crippen LogP contribution in [-0.4, -0.2) is 30.1 Å². The third-order valence-electron chi connectivity index (χ3n) is 4.07. The summed E-state index contributed by atoms with van der Waals surface area (Å²) in [6.07, 6.45) is 4.58. The first kappa shape index (κ1) is 13.1. The number of hydrogen-bond donors (Lipinski definition) is 1. The molecule has 0 aromatic carbocycles. The molecule has 0 spiro atoms. The van der Waals surface area contributed by atoms with Crippen LogP contribution in [0.2, 0.25) is 0 Å². The van der Waals surface area contributed by atoms with E-state index >= 15 is 0 Å². The molecule has 5 heteroatoms. The van der Waals surface area contributed by atoms with Gasteiger partial charge in [-0.25, -0.2) is 9.37 Å². The zero-order valence-electron chi connectivity index (χ0n) is 11.3. The van der Waals surface area contributed by atoms with Crippen molar-refractivity contribution in [2.24, 2.45) is 5.41 Å². The molecule has 1 aromatic heterocycles. The van der Waals surface area contributed by atoms with Crippen molar-refractivity contribution in [1.29, 1.82) is 0 Å². The van der Waals surface area contributed by atoms with E-state index in [0.29, 0.717) is 17.2 Å². The summed E-state index contributed by atoms with van der Waals surface area (Å²) in [5.41, 5.74) is 0.395. The Labute approximate surface area is 108 Å². The lowest BCUT2D eigenvalue weighted by molar-refractivity contribution is 0.237. The highest BCUT2D eigenvalue weighted by atomic mass is 19.1. The van der Waals surface area contributed by atoms with Crippen molar-refractivity contribution in [3.63, 3.8) is 0 Å². The molecule has 1 fully saturated rings. The molecule has 18 heavy (non-hydrogen) atoms. The maximum absolute atomic E-state index is 13.8. The number of nitrogens with zero attached hydrogens (tertiary/aromatic N) is 3. The van der Waals surface area contributed by atoms with Crippen molar-refractivity contribution < 1.29 is 4.39 Å². The lowest BCUT2D eigenvalue weighted by Gasteiger charge is -2.39. The van der Waals surface area contributed by atoms with E-state index in [1.165, 1.54) is 12.6 Å². The third-order valence-corrected chi connectivity index (χ3v) is 4.07. The predicted octanol–water partition coefficient (Wildman–Crippen LogP) is 2.67. The number of anilines is 2. The second-order valence-electron chi connectivity index (χ2n) is 5.27. The number of piperidine rings is 1. The summed E-state index contributed by atoms with van der Waals surface area (Å²) in [6, 6.07) is 0. The van der Waals surface area contributed by atoms with Crippen LogP contribution in [0.1, 0.15) is 33.1 Å². The molecule has 2 rings (SSSR count). The first-order valence-electron chi connectivity index (χ1n) is 6.53. The van der Waals surface area contributed by atoms with Gasteiger partial charge in [-0.15, -0.1) is 0 Å². The van der Waals surface area contributed by atoms with Crippen molar-refractivity contribution in [2.45, 2.75) is 33.1 Å². The molecule has 1 aliphatic heterocycles. The summed E-state index contributed by atoms with van der Waals surface area (Å²) < 4.78 is 13.8. The van der Waals surface area contributed by atoms with E-state index in [9.17, 15) is 4.39 Å². The zero-order chi connectivity index (χ0) is 13.2. The Balaban J connectivity index is 2.14. The zero-order valence-corrected chi connectivity index (χ0v) is 11.3. The first-order chi connectivity index (χ1) is 8.58. The smallest absolute Gasteiger partial charge is 0.224 e. The molecule has 0 bridgehead atoms. The number of aromatic nitrogens is 2. The van der Waals surface area contributed by atoms with Crippen molar-refractivity contribution in [3.05, 3.63) is 12.0 Å². The van der Waals surface area contributed by atoms with E-state index in [0.717, 1.165) is 25.9 Å². The SMILES string of the molecule is CCC1(C)CCN(c2nc(NC)ncc2F)CC1. The highest BCUT2D eigenvalue weighted by molar-refractivity contribution is 5.44. The molecule has 4 nitrogen and oxygen atoms in total. The summed E-state index contributed by atoms with van der Waals surface area (Å²) >= 11 is 0. The average Bonchev–Trinajstić information content (AvgIpc) is 2.41. The van der Waals surface area contributed by atoms with Crippen molar-refractivity contribution in [3.8, 4) is 0 Å². The van der Waals surface area contributed by atoms with Crippen LogP contribution in [-0.2, 0) is 0 Å². The van der Waals surface area contributed by atoms with Crippen LogP contribution in [0.3, 0.4) is 0 Å². The summed E-state index contributed by atoms with van der Waals surface area (Å²) in [4.78, 5) is 10.1. The van der Waals surface area contributed by atoms with E-state index < -0.39 is 0 Å². The lowest BCUT2D eigenvalue weighted by Crippen LogP contribution is -2.39. The van der Waals surface area contributed by atoms with Gasteiger partial charge in [0.25, 0.3) is 0 Å². The van der Waals surface area contributed by atoms with Gasteiger partial charge in [-0.2, -0.15) is 4.98 Å². The van der Waals surface area contributed by atoms with Gasteiger partial charge in [0, 0.05) is 20.1 Å². The van der Waals surface area contributed by atoms with Crippen LogP contribution in [0.4, 0.5) is 16.2 Å². The van der Waals surface area contributed by atoms with E-state index in [1.807, 2.05) is 4.90 Å². The van der Waals surface area contributed by atoms with E-state index in [2.05, 4.69) is 29.1 Å². The van der Waals surface area contributed by atoms with Gasteiger partial charge < -0.3 is 10.2 Å². The van der Waals surface area contributed by atoms with Gasteiger partial charge in [-0.1, -0.05) is 20.3 Å². The molecule has 1 aromatic rings. The summed E-state index contributed by atoms with van der Waals surface area (Å²) in [7, 11) is 1.74. The molecule has 0 atom stereocenters. The number of rotatable bonds is 3. The van der Waals surface area contributed by atoms with Gasteiger partial charge in [0.2, 0.25) is 5.95 Å². The molecule has 100 valence electrons. The van der Waals surface area contributed by atoms with E-state index in [4.69, 9.17) is 0 Å². The van der Waals surface area contributed by atoms with Gasteiger partial charge in [0.1, 0.15) is 0 Å². The second-order valence-corrected chi connectivity index (χ2v) is 5.27. The predicted molar refractivity (Wildman–Crippen MR) is 71.4 cm³/mol. The largest absolute Gasteiger partial charge is 0.357 e. The third kappa shape index (κ3) is 2.54. The van der Waals surface area contributed by atoms with Crippen LogP contribution >= 0.6 is 0 Å². The molecule has 1 N–H and O–H groups in total. The van der Waals surface area contributed by atoms with Crippen LogP contribution in [0.25, 0.3) is 0 Å². The molecule has 2 heterocycles. The summed E-state index contributed by atoms with van der Waals surface area (Å²) in [6.45, 7) is 6.25. The van der Waals surface area contributed by atoms with Gasteiger partial charge in [0.15, 0.2) is 11.6 Å². The minimum atomic E-state index is -0.339. The minimum Gasteiger partial charge on any atom is -0.357 e. The van der Waals surface area contributed by atoms with Gasteiger partial charge >= 0.3 is 0 Å². The lowest BCUT2D eigenvalue weighted by atomic mass is 9.78. The van der Waals surface area contributed by atoms with Crippen molar-refractivity contribution in [2.75, 3.05) is 30.4 Å². The summed E-state index contributed by atoms with van der Waals surface area (Å²) in [5, 5.41) is 2.85. The molecule has 1 saturated heterocycles. The topological polar surface area (TPSA) is 41.1 Å². The van der Waals surface area contributed by atoms with Crippen molar-refractivity contribution in [1.82, 2.24) is 9.97 Å². The quantitative estimate of drug-likeness (QED) is 0.898. The standard InChI is InChI=1S/C13H21FN4/c1-4-13(2)5-7-18(8-6-13)11-10(14)9-16-12(15-3)17-11/h9H,4-8H2,1-3H3,(H,15,16,17). The molecule has 1 aliphatic rings. The summed E-state index contributed by atoms with van der Waals surface area (Å²) in [5.74, 6) is 0.553. The Bertz CT molecular complexity index is 413.